The van der Waals surface area contributed by atoms with Gasteiger partial charge in [0.2, 0.25) is 0 Å². The van der Waals surface area contributed by atoms with E-state index in [1.165, 1.54) is 24.8 Å². The summed E-state index contributed by atoms with van der Waals surface area (Å²) in [5.74, 6) is 3.20. The molecule has 4 aliphatic carbocycles. The van der Waals surface area contributed by atoms with Crippen LogP contribution in [0.4, 0.5) is 0 Å². The van der Waals surface area contributed by atoms with Crippen molar-refractivity contribution in [2.45, 2.75) is 37.0 Å². The second-order valence-corrected chi connectivity index (χ2v) is 9.11. The molecule has 118 valence electrons. The molecule has 1 aromatic carbocycles. The number of methoxy groups -OCH3 is 1. The summed E-state index contributed by atoms with van der Waals surface area (Å²) in [6, 6.07) is 5.83. The van der Waals surface area contributed by atoms with Crippen molar-refractivity contribution < 1.29 is 9.84 Å². The van der Waals surface area contributed by atoms with E-state index in [9.17, 15) is 5.11 Å². The van der Waals surface area contributed by atoms with Gasteiger partial charge >= 0.3 is 0 Å². The van der Waals surface area contributed by atoms with Gasteiger partial charge in [0.1, 0.15) is 11.5 Å². The SMILES string of the molecule is COC(=C1[C@@H]2CC3C[C@H]1CC(Cl)(C3)C2)c1ccc(I)c(O)c1. The molecule has 2 nitrogen and oxygen atoms in total. The number of ether oxygens (including phenoxy) is 1. The monoisotopic (exact) mass is 430 g/mol. The number of benzene rings is 1. The topological polar surface area (TPSA) is 29.5 Å². The lowest BCUT2D eigenvalue weighted by molar-refractivity contribution is 0.0843. The molecule has 4 saturated carbocycles. The van der Waals surface area contributed by atoms with Crippen LogP contribution in [0.1, 0.15) is 37.7 Å². The Morgan fingerprint density at radius 1 is 1.27 bits per heavy atom. The predicted octanol–water partition coefficient (Wildman–Crippen LogP) is 5.17. The molecule has 4 bridgehead atoms. The van der Waals surface area contributed by atoms with E-state index in [4.69, 9.17) is 16.3 Å². The van der Waals surface area contributed by atoms with Crippen molar-refractivity contribution in [2.75, 3.05) is 7.11 Å². The van der Waals surface area contributed by atoms with Gasteiger partial charge in [-0.3, -0.25) is 0 Å². The summed E-state index contributed by atoms with van der Waals surface area (Å²) in [7, 11) is 1.75. The highest BCUT2D eigenvalue weighted by Crippen LogP contribution is 2.61. The van der Waals surface area contributed by atoms with Crippen molar-refractivity contribution in [2.24, 2.45) is 17.8 Å². The standard InChI is InChI=1S/C18H20ClIO2/c1-22-17(11-2-3-14(20)15(21)6-11)16-12-4-10-5-13(16)9-18(19,7-10)8-12/h2-3,6,10,12-13,21H,4-5,7-9H2,1H3/t10?,12-,13+,18?. The van der Waals surface area contributed by atoms with E-state index in [0.717, 1.165) is 33.7 Å². The van der Waals surface area contributed by atoms with E-state index in [0.29, 0.717) is 17.6 Å². The molecule has 4 aliphatic rings. The van der Waals surface area contributed by atoms with Gasteiger partial charge in [-0.2, -0.15) is 0 Å². The largest absolute Gasteiger partial charge is 0.507 e. The number of halogens is 2. The molecular weight excluding hydrogens is 411 g/mol. The maximum Gasteiger partial charge on any atom is 0.129 e. The van der Waals surface area contributed by atoms with E-state index >= 15 is 0 Å². The Labute approximate surface area is 150 Å². The Morgan fingerprint density at radius 2 is 1.95 bits per heavy atom. The van der Waals surface area contributed by atoms with Crippen molar-refractivity contribution in [3.05, 3.63) is 32.9 Å². The zero-order chi connectivity index (χ0) is 15.5. The predicted molar refractivity (Wildman–Crippen MR) is 96.9 cm³/mol. The second-order valence-electron chi connectivity index (χ2n) is 7.15. The van der Waals surface area contributed by atoms with Gasteiger partial charge in [0, 0.05) is 10.4 Å². The quantitative estimate of drug-likeness (QED) is 0.398. The van der Waals surface area contributed by atoms with Crippen LogP contribution in [0.3, 0.4) is 0 Å². The molecule has 0 aromatic heterocycles. The molecule has 4 fully saturated rings. The first-order valence-corrected chi connectivity index (χ1v) is 9.40. The zero-order valence-corrected chi connectivity index (χ0v) is 15.5. The number of phenolic OH excluding ortho intramolecular Hbond substituents is 1. The summed E-state index contributed by atoms with van der Waals surface area (Å²) in [6.45, 7) is 0. The molecule has 0 aliphatic heterocycles. The van der Waals surface area contributed by atoms with Gasteiger partial charge in [0.25, 0.3) is 0 Å². The molecule has 4 heteroatoms. The van der Waals surface area contributed by atoms with E-state index in [1.807, 2.05) is 12.1 Å². The minimum Gasteiger partial charge on any atom is -0.507 e. The number of hydrogen-bond donors (Lipinski definition) is 1. The highest BCUT2D eigenvalue weighted by molar-refractivity contribution is 14.1. The summed E-state index contributed by atoms with van der Waals surface area (Å²) in [4.78, 5) is 0.0348. The van der Waals surface area contributed by atoms with Crippen LogP contribution in [-0.4, -0.2) is 17.1 Å². The first-order valence-electron chi connectivity index (χ1n) is 7.95. The molecule has 0 spiro atoms. The second kappa shape index (κ2) is 5.30. The minimum atomic E-state index is 0.0348. The van der Waals surface area contributed by atoms with Crippen molar-refractivity contribution in [3.8, 4) is 5.75 Å². The summed E-state index contributed by atoms with van der Waals surface area (Å²) in [6.07, 6.45) is 5.87. The third kappa shape index (κ3) is 2.35. The minimum absolute atomic E-state index is 0.0348. The van der Waals surface area contributed by atoms with E-state index < -0.39 is 0 Å². The maximum atomic E-state index is 10.0. The molecule has 1 N–H and O–H groups in total. The fourth-order valence-electron chi connectivity index (χ4n) is 5.12. The van der Waals surface area contributed by atoms with E-state index in [2.05, 4.69) is 28.7 Å². The molecular formula is C18H20ClIO2. The Balaban J connectivity index is 1.79. The van der Waals surface area contributed by atoms with E-state index in [-0.39, 0.29) is 4.87 Å². The number of allylic oxidation sites excluding steroid dienone is 1. The van der Waals surface area contributed by atoms with Crippen LogP contribution in [0.5, 0.6) is 5.75 Å². The normalized spacial score (nSPS) is 38.2. The van der Waals surface area contributed by atoms with Gasteiger partial charge in [-0.25, -0.2) is 0 Å². The Hall–Kier alpha value is -0.420. The smallest absolute Gasteiger partial charge is 0.129 e. The molecule has 1 aromatic rings. The van der Waals surface area contributed by atoms with Crippen molar-refractivity contribution in [1.29, 1.82) is 0 Å². The lowest BCUT2D eigenvalue weighted by Crippen LogP contribution is -2.48. The molecule has 5 rings (SSSR count). The summed E-state index contributed by atoms with van der Waals surface area (Å²) >= 11 is 8.98. The summed E-state index contributed by atoms with van der Waals surface area (Å²) < 4.78 is 6.68. The Bertz CT molecular complexity index is 636. The number of alkyl halides is 1. The van der Waals surface area contributed by atoms with Gasteiger partial charge in [-0.15, -0.1) is 11.6 Å². The number of aromatic hydroxyl groups is 1. The van der Waals surface area contributed by atoms with Crippen molar-refractivity contribution >= 4 is 40.0 Å². The fraction of sp³-hybridized carbons (Fsp3) is 0.556. The number of rotatable bonds is 2. The Kier molecular flexibility index (Phi) is 3.65. The highest BCUT2D eigenvalue weighted by Gasteiger charge is 2.53. The maximum absolute atomic E-state index is 10.0. The van der Waals surface area contributed by atoms with Gasteiger partial charge in [-0.05, 0) is 96.2 Å². The van der Waals surface area contributed by atoms with Gasteiger partial charge in [-0.1, -0.05) is 0 Å². The van der Waals surface area contributed by atoms with Crippen LogP contribution in [0.25, 0.3) is 5.76 Å². The molecule has 4 atom stereocenters. The average Bonchev–Trinajstić information content (AvgIpc) is 2.44. The zero-order valence-electron chi connectivity index (χ0n) is 12.6. The van der Waals surface area contributed by atoms with E-state index in [1.54, 1.807) is 7.11 Å². The fourth-order valence-corrected chi connectivity index (χ4v) is 6.05. The molecule has 2 unspecified atom stereocenters. The van der Waals surface area contributed by atoms with Crippen molar-refractivity contribution in [3.63, 3.8) is 0 Å². The third-order valence-corrected chi connectivity index (χ3v) is 7.04. The highest BCUT2D eigenvalue weighted by atomic mass is 127. The summed E-state index contributed by atoms with van der Waals surface area (Å²) in [5, 5.41) is 10.0. The van der Waals surface area contributed by atoms with Gasteiger partial charge in [0.15, 0.2) is 0 Å². The molecule has 0 saturated heterocycles. The van der Waals surface area contributed by atoms with Crippen LogP contribution < -0.4 is 0 Å². The molecule has 22 heavy (non-hydrogen) atoms. The van der Waals surface area contributed by atoms with Gasteiger partial charge < -0.3 is 9.84 Å². The van der Waals surface area contributed by atoms with Crippen LogP contribution in [0.15, 0.2) is 23.8 Å². The average molecular weight is 431 g/mol. The lowest BCUT2D eigenvalue weighted by Gasteiger charge is -2.55. The van der Waals surface area contributed by atoms with Crippen LogP contribution in [0, 0.1) is 21.3 Å². The van der Waals surface area contributed by atoms with Gasteiger partial charge in [0.05, 0.1) is 10.7 Å². The number of phenols is 1. The van der Waals surface area contributed by atoms with Crippen LogP contribution in [0.2, 0.25) is 0 Å². The Morgan fingerprint density at radius 3 is 2.50 bits per heavy atom. The molecule has 0 amide bonds. The number of hydrogen-bond acceptors (Lipinski definition) is 2. The van der Waals surface area contributed by atoms with Crippen molar-refractivity contribution in [1.82, 2.24) is 0 Å². The van der Waals surface area contributed by atoms with Crippen LogP contribution in [-0.2, 0) is 4.74 Å². The third-order valence-electron chi connectivity index (χ3n) is 5.67. The lowest BCUT2D eigenvalue weighted by atomic mass is 9.53. The first kappa shape index (κ1) is 15.1. The molecule has 0 heterocycles. The molecule has 0 radical (unpaired) electrons. The first-order chi connectivity index (χ1) is 10.5. The summed E-state index contributed by atoms with van der Waals surface area (Å²) in [5.41, 5.74) is 2.45. The van der Waals surface area contributed by atoms with Crippen LogP contribution >= 0.6 is 34.2 Å².